The maximum Gasteiger partial charge on any atom is 0.251 e. The number of carbonyl (C=O) groups excluding carboxylic acids is 2. The zero-order chi connectivity index (χ0) is 25.7. The fourth-order valence-corrected chi connectivity index (χ4v) is 4.69. The molecule has 0 bridgehead atoms. The monoisotopic (exact) mass is 510 g/mol. The van der Waals surface area contributed by atoms with E-state index in [0.29, 0.717) is 22.6 Å². The predicted molar refractivity (Wildman–Crippen MR) is 136 cm³/mol. The van der Waals surface area contributed by atoms with Crippen LogP contribution in [0.4, 0.5) is 8.78 Å². The van der Waals surface area contributed by atoms with Crippen LogP contribution in [0.1, 0.15) is 33.3 Å². The van der Waals surface area contributed by atoms with Crippen molar-refractivity contribution in [2.45, 2.75) is 13.3 Å². The first kappa shape index (κ1) is 25.2. The van der Waals surface area contributed by atoms with Crippen LogP contribution < -0.4 is 14.8 Å². The number of aromatic nitrogens is 1. The molecule has 0 unspecified atom stereocenters. The van der Waals surface area contributed by atoms with Crippen molar-refractivity contribution in [1.82, 2.24) is 10.3 Å². The zero-order valence-corrected chi connectivity index (χ0v) is 20.6. The van der Waals surface area contributed by atoms with E-state index >= 15 is 0 Å². The third-order valence-corrected chi connectivity index (χ3v) is 6.58. The van der Waals surface area contributed by atoms with Gasteiger partial charge in [-0.3, -0.25) is 9.59 Å². The van der Waals surface area contributed by atoms with E-state index in [9.17, 15) is 18.4 Å². The molecule has 9 heteroatoms. The van der Waals surface area contributed by atoms with Crippen molar-refractivity contribution in [3.8, 4) is 22.8 Å². The number of methoxy groups -OCH3 is 1. The van der Waals surface area contributed by atoms with Crippen molar-refractivity contribution >= 4 is 33.1 Å². The van der Waals surface area contributed by atoms with E-state index in [0.717, 1.165) is 16.5 Å². The van der Waals surface area contributed by atoms with Crippen molar-refractivity contribution in [3.05, 3.63) is 76.5 Å². The van der Waals surface area contributed by atoms with Crippen LogP contribution in [0.5, 0.6) is 11.5 Å². The van der Waals surface area contributed by atoms with Crippen molar-refractivity contribution < 1.29 is 27.8 Å². The van der Waals surface area contributed by atoms with Crippen molar-refractivity contribution in [2.24, 2.45) is 0 Å². The van der Waals surface area contributed by atoms with Gasteiger partial charge < -0.3 is 14.8 Å². The predicted octanol–water partition coefficient (Wildman–Crippen LogP) is 5.63. The molecule has 4 aromatic rings. The Hall–Kier alpha value is -3.85. The topological polar surface area (TPSA) is 77.5 Å². The van der Waals surface area contributed by atoms with Gasteiger partial charge in [0.15, 0.2) is 17.3 Å². The lowest BCUT2D eigenvalue weighted by Crippen LogP contribution is -2.30. The molecule has 0 aliphatic heterocycles. The number of aryl methyl sites for hydroxylation is 1. The number of amides is 1. The molecule has 0 fully saturated rings. The normalized spacial score (nSPS) is 10.9. The minimum atomic E-state index is -0.651. The summed E-state index contributed by atoms with van der Waals surface area (Å²) in [6, 6.07) is 13.0. The molecule has 0 saturated carbocycles. The van der Waals surface area contributed by atoms with E-state index in [1.807, 2.05) is 24.4 Å². The number of alkyl halides is 1. The summed E-state index contributed by atoms with van der Waals surface area (Å²) in [5.41, 5.74) is 2.71. The second-order valence-electron chi connectivity index (χ2n) is 7.87. The summed E-state index contributed by atoms with van der Waals surface area (Å²) in [6.07, 6.45) is 0.676. The van der Waals surface area contributed by atoms with Gasteiger partial charge in [0.2, 0.25) is 0 Å². The molecule has 2 aromatic carbocycles. The Morgan fingerprint density at radius 2 is 1.94 bits per heavy atom. The fraction of sp³-hybridized carbons (Fsp3) is 0.222. The fourth-order valence-electron chi connectivity index (χ4n) is 3.72. The number of nitrogens with one attached hydrogen (secondary N) is 1. The Bertz CT molecular complexity index is 1420. The molecule has 0 spiro atoms. The molecule has 1 N–H and O–H groups in total. The van der Waals surface area contributed by atoms with Crippen LogP contribution in [0, 0.1) is 5.82 Å². The van der Waals surface area contributed by atoms with Gasteiger partial charge >= 0.3 is 0 Å². The number of ketones is 1. The Morgan fingerprint density at radius 3 is 2.69 bits per heavy atom. The number of thiophene rings is 1. The number of rotatable bonds is 10. The Labute approximate surface area is 210 Å². The minimum Gasteiger partial charge on any atom is -0.493 e. The number of benzene rings is 2. The molecule has 0 aliphatic rings. The van der Waals surface area contributed by atoms with Crippen molar-refractivity contribution in [1.29, 1.82) is 0 Å². The number of hydrogen-bond donors (Lipinski definition) is 1. The summed E-state index contributed by atoms with van der Waals surface area (Å²) in [4.78, 5) is 30.2. The van der Waals surface area contributed by atoms with E-state index in [1.54, 1.807) is 12.1 Å². The van der Waals surface area contributed by atoms with E-state index in [-0.39, 0.29) is 41.8 Å². The second-order valence-corrected chi connectivity index (χ2v) is 8.75. The highest BCUT2D eigenvalue weighted by molar-refractivity contribution is 7.17. The Morgan fingerprint density at radius 1 is 1.11 bits per heavy atom. The third-order valence-electron chi connectivity index (χ3n) is 5.58. The van der Waals surface area contributed by atoms with Gasteiger partial charge in [0.05, 0.1) is 24.0 Å². The molecule has 0 radical (unpaired) electrons. The quantitative estimate of drug-likeness (QED) is 0.280. The number of Topliss-reactive ketones (excluding diaryl/α,β-unsaturated/α-hetero) is 1. The molecule has 0 atom stereocenters. The van der Waals surface area contributed by atoms with Crippen LogP contribution >= 0.6 is 11.3 Å². The number of ether oxygens (including phenoxy) is 2. The SMILES string of the molecule is CCc1cc(C(=O)CNC(=O)c2ccc(OCCF)c(OC)c2)nc(-c2csc3c(F)cccc23)c1. The highest BCUT2D eigenvalue weighted by Gasteiger charge is 2.17. The van der Waals surface area contributed by atoms with Crippen molar-refractivity contribution in [3.63, 3.8) is 0 Å². The van der Waals surface area contributed by atoms with Gasteiger partial charge in [-0.05, 0) is 48.4 Å². The molecular weight excluding hydrogens is 486 g/mol. The lowest BCUT2D eigenvalue weighted by atomic mass is 10.0. The van der Waals surface area contributed by atoms with Gasteiger partial charge in [-0.15, -0.1) is 11.3 Å². The molecule has 2 heterocycles. The first-order chi connectivity index (χ1) is 17.4. The van der Waals surface area contributed by atoms with Crippen LogP contribution in [0.2, 0.25) is 0 Å². The number of hydrogen-bond acceptors (Lipinski definition) is 6. The summed E-state index contributed by atoms with van der Waals surface area (Å²) in [5, 5.41) is 5.18. The smallest absolute Gasteiger partial charge is 0.251 e. The highest BCUT2D eigenvalue weighted by Crippen LogP contribution is 2.35. The number of nitrogens with zero attached hydrogens (tertiary/aromatic N) is 1. The van der Waals surface area contributed by atoms with Crippen LogP contribution in [-0.4, -0.2) is 43.6 Å². The minimum absolute atomic E-state index is 0.127. The number of halogens is 2. The van der Waals surface area contributed by atoms with Gasteiger partial charge in [0, 0.05) is 21.9 Å². The molecule has 186 valence electrons. The zero-order valence-electron chi connectivity index (χ0n) is 19.8. The number of pyridine rings is 1. The molecule has 6 nitrogen and oxygen atoms in total. The van der Waals surface area contributed by atoms with Crippen molar-refractivity contribution in [2.75, 3.05) is 26.9 Å². The average molecular weight is 511 g/mol. The van der Waals surface area contributed by atoms with E-state index in [2.05, 4.69) is 10.3 Å². The first-order valence-electron chi connectivity index (χ1n) is 11.3. The van der Waals surface area contributed by atoms with Crippen LogP contribution in [0.3, 0.4) is 0 Å². The third kappa shape index (κ3) is 5.36. The number of carbonyl (C=O) groups is 2. The van der Waals surface area contributed by atoms with Gasteiger partial charge in [0.1, 0.15) is 24.8 Å². The summed E-state index contributed by atoms with van der Waals surface area (Å²) in [6.45, 7) is 0.926. The number of fused-ring (bicyclic) bond motifs is 1. The molecule has 0 aliphatic carbocycles. The van der Waals surface area contributed by atoms with Crippen LogP contribution in [0.15, 0.2) is 53.9 Å². The standard InChI is InChI=1S/C27H24F2N2O4S/c1-3-16-11-21(19-15-36-26-18(19)5-4-6-20(26)29)31-22(12-16)23(32)14-30-27(33)17-7-8-24(35-10-9-28)25(13-17)34-2/h4-8,11-13,15H,3,9-10,14H2,1-2H3,(H,30,33). The summed E-state index contributed by atoms with van der Waals surface area (Å²) in [5.74, 6) is -0.543. The van der Waals surface area contributed by atoms with Gasteiger partial charge in [0.25, 0.3) is 5.91 Å². The Kier molecular flexibility index (Phi) is 7.90. The summed E-state index contributed by atoms with van der Waals surface area (Å²) < 4.78 is 37.6. The molecule has 0 saturated heterocycles. The Balaban J connectivity index is 1.53. The lowest BCUT2D eigenvalue weighted by molar-refractivity contribution is 0.0902. The van der Waals surface area contributed by atoms with Gasteiger partial charge in [-0.2, -0.15) is 0 Å². The average Bonchev–Trinajstić information content (AvgIpc) is 3.35. The van der Waals surface area contributed by atoms with E-state index in [4.69, 9.17) is 9.47 Å². The first-order valence-corrected chi connectivity index (χ1v) is 12.2. The molecule has 1 amide bonds. The molecule has 36 heavy (non-hydrogen) atoms. The van der Waals surface area contributed by atoms with Crippen LogP contribution in [-0.2, 0) is 6.42 Å². The lowest BCUT2D eigenvalue weighted by Gasteiger charge is -2.11. The summed E-state index contributed by atoms with van der Waals surface area (Å²) >= 11 is 1.29. The second kappa shape index (κ2) is 11.3. The molecule has 2 aromatic heterocycles. The van der Waals surface area contributed by atoms with E-state index in [1.165, 1.54) is 42.7 Å². The maximum absolute atomic E-state index is 14.2. The maximum atomic E-state index is 14.2. The van der Waals surface area contributed by atoms with E-state index < -0.39 is 12.6 Å². The van der Waals surface area contributed by atoms with Crippen LogP contribution in [0.25, 0.3) is 21.3 Å². The summed E-state index contributed by atoms with van der Waals surface area (Å²) in [7, 11) is 1.41. The largest absolute Gasteiger partial charge is 0.493 e. The molecular formula is C27H24F2N2O4S. The van der Waals surface area contributed by atoms with Gasteiger partial charge in [-0.25, -0.2) is 13.8 Å². The van der Waals surface area contributed by atoms with Gasteiger partial charge in [-0.1, -0.05) is 19.1 Å². The highest BCUT2D eigenvalue weighted by atomic mass is 32.1. The molecule has 4 rings (SSSR count).